The maximum atomic E-state index is 9.31. The molecule has 0 aliphatic heterocycles. The van der Waals surface area contributed by atoms with E-state index in [1.165, 1.54) is 0 Å². The second kappa shape index (κ2) is 3.90. The molecule has 4 heteroatoms. The average Bonchev–Trinajstić information content (AvgIpc) is 2.63. The Morgan fingerprint density at radius 2 is 2.33 bits per heavy atom. The first-order valence-electron chi connectivity index (χ1n) is 4.90. The van der Waals surface area contributed by atoms with Gasteiger partial charge in [-0.25, -0.2) is 4.98 Å². The smallest absolute Gasteiger partial charge is 0.139 e. The zero-order chi connectivity index (χ0) is 10.8. The average molecular weight is 206 g/mol. The molecule has 0 aromatic carbocycles. The zero-order valence-electron chi connectivity index (χ0n) is 8.84. The van der Waals surface area contributed by atoms with Crippen LogP contribution in [0, 0.1) is 0 Å². The highest BCUT2D eigenvalue weighted by Crippen LogP contribution is 2.24. The maximum absolute atomic E-state index is 9.31. The van der Waals surface area contributed by atoms with Crippen LogP contribution in [0.2, 0.25) is 0 Å². The molecule has 0 bridgehead atoms. The molecular formula is C11H14N2O2. The SMILES string of the molecule is C[C@@H](O)CN(C)c1nccc2occc12. The molecule has 0 saturated carbocycles. The van der Waals surface area contributed by atoms with Crippen molar-refractivity contribution in [3.8, 4) is 0 Å². The number of hydrogen-bond donors (Lipinski definition) is 1. The molecule has 0 spiro atoms. The van der Waals surface area contributed by atoms with Crippen LogP contribution in [0.5, 0.6) is 0 Å². The molecule has 2 rings (SSSR count). The molecular weight excluding hydrogens is 192 g/mol. The second-order valence-corrected chi connectivity index (χ2v) is 3.70. The van der Waals surface area contributed by atoms with Gasteiger partial charge in [0.1, 0.15) is 11.4 Å². The third kappa shape index (κ3) is 1.94. The van der Waals surface area contributed by atoms with Crippen molar-refractivity contribution in [2.45, 2.75) is 13.0 Å². The van der Waals surface area contributed by atoms with Gasteiger partial charge in [-0.05, 0) is 19.1 Å². The molecule has 0 saturated heterocycles. The van der Waals surface area contributed by atoms with Crippen LogP contribution in [0.3, 0.4) is 0 Å². The number of aliphatic hydroxyl groups is 1. The van der Waals surface area contributed by atoms with E-state index in [4.69, 9.17) is 4.42 Å². The number of nitrogens with zero attached hydrogens (tertiary/aromatic N) is 2. The Balaban J connectivity index is 2.38. The fraction of sp³-hybridized carbons (Fsp3) is 0.364. The van der Waals surface area contributed by atoms with Crippen molar-refractivity contribution in [2.24, 2.45) is 0 Å². The highest BCUT2D eigenvalue weighted by atomic mass is 16.3. The molecule has 2 aromatic heterocycles. The Kier molecular flexibility index (Phi) is 2.60. The summed E-state index contributed by atoms with van der Waals surface area (Å²) in [4.78, 5) is 6.21. The second-order valence-electron chi connectivity index (χ2n) is 3.70. The van der Waals surface area contributed by atoms with Crippen LogP contribution in [0.4, 0.5) is 5.82 Å². The third-order valence-corrected chi connectivity index (χ3v) is 2.26. The van der Waals surface area contributed by atoms with Gasteiger partial charge in [0.2, 0.25) is 0 Å². The molecule has 4 nitrogen and oxygen atoms in total. The fourth-order valence-corrected chi connectivity index (χ4v) is 1.67. The van der Waals surface area contributed by atoms with Crippen LogP contribution in [-0.4, -0.2) is 29.8 Å². The molecule has 2 aromatic rings. The largest absolute Gasteiger partial charge is 0.464 e. The molecule has 1 N–H and O–H groups in total. The number of anilines is 1. The van der Waals surface area contributed by atoms with E-state index < -0.39 is 0 Å². The number of likely N-dealkylation sites (N-methyl/N-ethyl adjacent to an activating group) is 1. The van der Waals surface area contributed by atoms with Crippen molar-refractivity contribution >= 4 is 16.8 Å². The van der Waals surface area contributed by atoms with Gasteiger partial charge in [0.15, 0.2) is 0 Å². The van der Waals surface area contributed by atoms with Gasteiger partial charge in [0.25, 0.3) is 0 Å². The van der Waals surface area contributed by atoms with Crippen LogP contribution in [-0.2, 0) is 0 Å². The lowest BCUT2D eigenvalue weighted by atomic mass is 10.3. The summed E-state index contributed by atoms with van der Waals surface area (Å²) >= 11 is 0. The fourth-order valence-electron chi connectivity index (χ4n) is 1.67. The minimum Gasteiger partial charge on any atom is -0.464 e. The quantitative estimate of drug-likeness (QED) is 0.829. The highest BCUT2D eigenvalue weighted by molar-refractivity contribution is 5.88. The van der Waals surface area contributed by atoms with Crippen LogP contribution in [0.1, 0.15) is 6.92 Å². The van der Waals surface area contributed by atoms with Crippen LogP contribution in [0.15, 0.2) is 29.0 Å². The van der Waals surface area contributed by atoms with Crippen molar-refractivity contribution in [3.63, 3.8) is 0 Å². The minimum absolute atomic E-state index is 0.376. The predicted molar refractivity (Wildman–Crippen MR) is 59.0 cm³/mol. The Hall–Kier alpha value is -1.55. The summed E-state index contributed by atoms with van der Waals surface area (Å²) in [6.45, 7) is 2.31. The Bertz CT molecular complexity index is 451. The van der Waals surface area contributed by atoms with E-state index in [0.717, 1.165) is 16.8 Å². The van der Waals surface area contributed by atoms with E-state index >= 15 is 0 Å². The third-order valence-electron chi connectivity index (χ3n) is 2.26. The van der Waals surface area contributed by atoms with Crippen LogP contribution in [0.25, 0.3) is 11.0 Å². The van der Waals surface area contributed by atoms with E-state index in [-0.39, 0.29) is 6.10 Å². The summed E-state index contributed by atoms with van der Waals surface area (Å²) in [6, 6.07) is 3.71. The van der Waals surface area contributed by atoms with Crippen LogP contribution < -0.4 is 4.90 Å². The minimum atomic E-state index is -0.376. The Morgan fingerprint density at radius 1 is 1.53 bits per heavy atom. The van der Waals surface area contributed by atoms with Gasteiger partial charge in [-0.1, -0.05) is 0 Å². The molecule has 0 radical (unpaired) electrons. The maximum Gasteiger partial charge on any atom is 0.139 e. The van der Waals surface area contributed by atoms with Crippen molar-refractivity contribution < 1.29 is 9.52 Å². The summed E-state index contributed by atoms with van der Waals surface area (Å²) in [7, 11) is 1.90. The number of hydrogen-bond acceptors (Lipinski definition) is 4. The topological polar surface area (TPSA) is 49.5 Å². The van der Waals surface area contributed by atoms with Crippen LogP contribution >= 0.6 is 0 Å². The van der Waals surface area contributed by atoms with E-state index in [1.54, 1.807) is 19.4 Å². The summed E-state index contributed by atoms with van der Waals surface area (Å²) in [5.41, 5.74) is 0.817. The number of pyridine rings is 1. The summed E-state index contributed by atoms with van der Waals surface area (Å²) in [5, 5.41) is 10.3. The van der Waals surface area contributed by atoms with Gasteiger partial charge >= 0.3 is 0 Å². The first kappa shape index (κ1) is 9.98. The summed E-state index contributed by atoms with van der Waals surface area (Å²) in [6.07, 6.45) is 2.98. The number of rotatable bonds is 3. The molecule has 0 fully saturated rings. The molecule has 0 unspecified atom stereocenters. The molecule has 0 amide bonds. The molecule has 15 heavy (non-hydrogen) atoms. The molecule has 2 heterocycles. The van der Waals surface area contributed by atoms with Crippen molar-refractivity contribution in [1.29, 1.82) is 0 Å². The number of fused-ring (bicyclic) bond motifs is 1. The van der Waals surface area contributed by atoms with Gasteiger partial charge in [-0.15, -0.1) is 0 Å². The Morgan fingerprint density at radius 3 is 3.07 bits per heavy atom. The first-order valence-corrected chi connectivity index (χ1v) is 4.90. The van der Waals surface area contributed by atoms with Gasteiger partial charge in [-0.3, -0.25) is 0 Å². The standard InChI is InChI=1S/C11H14N2O2/c1-8(14)7-13(2)11-9-4-6-15-10(9)3-5-12-11/h3-6,8,14H,7H2,1-2H3/t8-/m1/s1. The molecule has 0 aliphatic rings. The predicted octanol–water partition coefficient (Wildman–Crippen LogP) is 1.64. The Labute approximate surface area is 88.1 Å². The lowest BCUT2D eigenvalue weighted by Crippen LogP contribution is -2.27. The van der Waals surface area contributed by atoms with Gasteiger partial charge in [0.05, 0.1) is 17.8 Å². The lowest BCUT2D eigenvalue weighted by molar-refractivity contribution is 0.201. The number of aromatic nitrogens is 1. The summed E-state index contributed by atoms with van der Waals surface area (Å²) < 4.78 is 5.28. The number of aliphatic hydroxyl groups excluding tert-OH is 1. The zero-order valence-corrected chi connectivity index (χ0v) is 8.84. The van der Waals surface area contributed by atoms with Crippen molar-refractivity contribution in [1.82, 2.24) is 4.98 Å². The molecule has 1 atom stereocenters. The lowest BCUT2D eigenvalue weighted by Gasteiger charge is -2.19. The van der Waals surface area contributed by atoms with E-state index in [0.29, 0.717) is 6.54 Å². The van der Waals surface area contributed by atoms with E-state index in [2.05, 4.69) is 4.98 Å². The van der Waals surface area contributed by atoms with Crippen molar-refractivity contribution in [3.05, 3.63) is 24.6 Å². The van der Waals surface area contributed by atoms with E-state index in [9.17, 15) is 5.11 Å². The van der Waals surface area contributed by atoms with Crippen molar-refractivity contribution in [2.75, 3.05) is 18.5 Å². The highest BCUT2D eigenvalue weighted by Gasteiger charge is 2.10. The number of furan rings is 1. The molecule has 80 valence electrons. The van der Waals surface area contributed by atoms with Gasteiger partial charge in [-0.2, -0.15) is 0 Å². The summed E-state index contributed by atoms with van der Waals surface area (Å²) in [5.74, 6) is 0.835. The first-order chi connectivity index (χ1) is 7.18. The van der Waals surface area contributed by atoms with Gasteiger partial charge < -0.3 is 14.4 Å². The monoisotopic (exact) mass is 206 g/mol. The normalized spacial score (nSPS) is 13.0. The van der Waals surface area contributed by atoms with E-state index in [1.807, 2.05) is 24.1 Å². The molecule has 0 aliphatic carbocycles. The van der Waals surface area contributed by atoms with Gasteiger partial charge in [0, 0.05) is 19.8 Å².